The fourth-order valence-electron chi connectivity index (χ4n) is 4.62. The Bertz CT molecular complexity index is 1100. The number of carbonyl (C=O) groups is 1. The molecule has 2 N–H and O–H groups in total. The van der Waals surface area contributed by atoms with Gasteiger partial charge in [-0.15, -0.1) is 0 Å². The molecule has 2 unspecified atom stereocenters. The fourth-order valence-corrected chi connectivity index (χ4v) is 4.62. The van der Waals surface area contributed by atoms with E-state index in [1.54, 1.807) is 18.7 Å². The van der Waals surface area contributed by atoms with Gasteiger partial charge in [-0.1, -0.05) is 6.42 Å². The number of piperidine rings is 1. The van der Waals surface area contributed by atoms with E-state index in [-0.39, 0.29) is 18.0 Å². The Morgan fingerprint density at radius 1 is 1.19 bits per heavy atom. The number of fused-ring (bicyclic) bond motifs is 1. The standard InChI is InChI=1S/C22H29N9O/c1-3-31-20(15-10-24-14(2)25-11-15)29-18-19(26-13-27-21(18)31)28-16-7-9-30(12-16)22(32)17-6-4-5-8-23-17/h10-11,13,16-17,23H,3-9,12H2,1-2H3,(H,26,27,28). The molecule has 2 atom stereocenters. The molecule has 0 aliphatic carbocycles. The molecule has 3 aromatic heterocycles. The van der Waals surface area contributed by atoms with Crippen LogP contribution in [0.2, 0.25) is 0 Å². The average Bonchev–Trinajstić information content (AvgIpc) is 3.45. The molecule has 2 fully saturated rings. The maximum atomic E-state index is 12.9. The van der Waals surface area contributed by atoms with Gasteiger partial charge < -0.3 is 20.1 Å². The van der Waals surface area contributed by atoms with E-state index in [4.69, 9.17) is 4.98 Å². The summed E-state index contributed by atoms with van der Waals surface area (Å²) in [4.78, 5) is 37.3. The Hall–Kier alpha value is -3.14. The van der Waals surface area contributed by atoms with Crippen molar-refractivity contribution in [3.63, 3.8) is 0 Å². The molecule has 168 valence electrons. The molecular formula is C22H29N9O. The molecule has 5 rings (SSSR count). The lowest BCUT2D eigenvalue weighted by Crippen LogP contribution is -2.48. The number of aryl methyl sites for hydroxylation is 2. The van der Waals surface area contributed by atoms with E-state index in [2.05, 4.69) is 42.1 Å². The molecule has 0 aromatic carbocycles. The molecule has 0 spiro atoms. The summed E-state index contributed by atoms with van der Waals surface area (Å²) in [6.07, 6.45) is 9.23. The number of anilines is 1. The fraction of sp³-hybridized carbons (Fsp3) is 0.545. The van der Waals surface area contributed by atoms with Crippen LogP contribution in [-0.2, 0) is 11.3 Å². The second kappa shape index (κ2) is 8.78. The molecule has 0 bridgehead atoms. The van der Waals surface area contributed by atoms with Gasteiger partial charge in [0.2, 0.25) is 5.91 Å². The first-order valence-corrected chi connectivity index (χ1v) is 11.4. The first-order chi connectivity index (χ1) is 15.6. The van der Waals surface area contributed by atoms with Gasteiger partial charge in [-0.3, -0.25) is 4.79 Å². The van der Waals surface area contributed by atoms with Crippen LogP contribution in [0, 0.1) is 6.92 Å². The van der Waals surface area contributed by atoms with Crippen LogP contribution in [0.1, 0.15) is 38.4 Å². The van der Waals surface area contributed by atoms with E-state index in [0.717, 1.165) is 73.7 Å². The highest BCUT2D eigenvalue weighted by Gasteiger charge is 2.32. The molecule has 10 nitrogen and oxygen atoms in total. The number of carbonyl (C=O) groups excluding carboxylic acids is 1. The highest BCUT2D eigenvalue weighted by molar-refractivity contribution is 5.86. The summed E-state index contributed by atoms with van der Waals surface area (Å²) in [5, 5.41) is 6.89. The third-order valence-electron chi connectivity index (χ3n) is 6.34. The molecule has 1 amide bonds. The summed E-state index contributed by atoms with van der Waals surface area (Å²) in [6, 6.07) is 0.103. The van der Waals surface area contributed by atoms with E-state index in [0.29, 0.717) is 12.4 Å². The number of rotatable bonds is 5. The average molecular weight is 436 g/mol. The van der Waals surface area contributed by atoms with Gasteiger partial charge >= 0.3 is 0 Å². The Labute approximate surface area is 186 Å². The number of nitrogens with one attached hydrogen (secondary N) is 2. The zero-order chi connectivity index (χ0) is 22.1. The van der Waals surface area contributed by atoms with Crippen LogP contribution in [0.3, 0.4) is 0 Å². The second-order valence-electron chi connectivity index (χ2n) is 8.51. The van der Waals surface area contributed by atoms with Crippen molar-refractivity contribution in [1.82, 2.24) is 39.7 Å². The minimum absolute atomic E-state index is 0.0344. The Balaban J connectivity index is 1.37. The number of hydrogen-bond donors (Lipinski definition) is 2. The maximum Gasteiger partial charge on any atom is 0.239 e. The summed E-state index contributed by atoms with van der Waals surface area (Å²) in [6.45, 7) is 7.01. The topological polar surface area (TPSA) is 114 Å². The SMILES string of the molecule is CCn1c(-c2cnc(C)nc2)nc2c(NC3CCN(C(=O)C4CCCCN4)C3)ncnc21. The van der Waals surface area contributed by atoms with Crippen molar-refractivity contribution in [3.05, 3.63) is 24.5 Å². The summed E-state index contributed by atoms with van der Waals surface area (Å²) in [5.41, 5.74) is 2.35. The number of imidazole rings is 1. The van der Waals surface area contributed by atoms with Crippen molar-refractivity contribution in [3.8, 4) is 11.4 Å². The minimum Gasteiger partial charge on any atom is -0.364 e. The predicted molar refractivity (Wildman–Crippen MR) is 121 cm³/mol. The number of hydrogen-bond acceptors (Lipinski definition) is 8. The molecule has 32 heavy (non-hydrogen) atoms. The highest BCUT2D eigenvalue weighted by atomic mass is 16.2. The third kappa shape index (κ3) is 3.90. The molecule has 0 saturated carbocycles. The summed E-state index contributed by atoms with van der Waals surface area (Å²) < 4.78 is 2.05. The maximum absolute atomic E-state index is 12.9. The summed E-state index contributed by atoms with van der Waals surface area (Å²) in [5.74, 6) is 2.42. The normalized spacial score (nSPS) is 21.2. The molecule has 2 saturated heterocycles. The van der Waals surface area contributed by atoms with Crippen LogP contribution >= 0.6 is 0 Å². The zero-order valence-electron chi connectivity index (χ0n) is 18.6. The van der Waals surface area contributed by atoms with Crippen LogP contribution in [-0.4, -0.2) is 72.0 Å². The largest absolute Gasteiger partial charge is 0.364 e. The van der Waals surface area contributed by atoms with Crippen molar-refractivity contribution in [1.29, 1.82) is 0 Å². The smallest absolute Gasteiger partial charge is 0.239 e. The van der Waals surface area contributed by atoms with Gasteiger partial charge in [-0.25, -0.2) is 24.9 Å². The number of aromatic nitrogens is 6. The molecule has 5 heterocycles. The van der Waals surface area contributed by atoms with E-state index in [9.17, 15) is 4.79 Å². The van der Waals surface area contributed by atoms with Gasteiger partial charge in [0.25, 0.3) is 0 Å². The van der Waals surface area contributed by atoms with E-state index < -0.39 is 0 Å². The van der Waals surface area contributed by atoms with Crippen molar-refractivity contribution in [2.45, 2.75) is 58.2 Å². The van der Waals surface area contributed by atoms with E-state index in [1.165, 1.54) is 0 Å². The zero-order valence-corrected chi connectivity index (χ0v) is 18.6. The highest BCUT2D eigenvalue weighted by Crippen LogP contribution is 2.27. The van der Waals surface area contributed by atoms with Gasteiger partial charge in [0, 0.05) is 38.1 Å². The summed E-state index contributed by atoms with van der Waals surface area (Å²) in [7, 11) is 0. The van der Waals surface area contributed by atoms with E-state index >= 15 is 0 Å². The lowest BCUT2D eigenvalue weighted by atomic mass is 10.0. The minimum atomic E-state index is -0.0344. The van der Waals surface area contributed by atoms with Gasteiger partial charge in [0.15, 0.2) is 17.0 Å². The lowest BCUT2D eigenvalue weighted by molar-refractivity contribution is -0.132. The Morgan fingerprint density at radius 3 is 2.78 bits per heavy atom. The molecule has 2 aliphatic rings. The quantitative estimate of drug-likeness (QED) is 0.623. The Kier molecular flexibility index (Phi) is 5.69. The van der Waals surface area contributed by atoms with Crippen LogP contribution in [0.4, 0.5) is 5.82 Å². The predicted octanol–water partition coefficient (Wildman–Crippen LogP) is 1.77. The number of nitrogens with zero attached hydrogens (tertiary/aromatic N) is 7. The van der Waals surface area contributed by atoms with Crippen LogP contribution < -0.4 is 10.6 Å². The summed E-state index contributed by atoms with van der Waals surface area (Å²) >= 11 is 0. The number of amides is 1. The monoisotopic (exact) mass is 435 g/mol. The molecule has 0 radical (unpaired) electrons. The van der Waals surface area contributed by atoms with Gasteiger partial charge in [-0.05, 0) is 39.7 Å². The van der Waals surface area contributed by atoms with Crippen molar-refractivity contribution >= 4 is 22.9 Å². The van der Waals surface area contributed by atoms with Gasteiger partial charge in [-0.2, -0.15) is 0 Å². The second-order valence-corrected chi connectivity index (χ2v) is 8.51. The third-order valence-corrected chi connectivity index (χ3v) is 6.34. The van der Waals surface area contributed by atoms with Crippen LogP contribution in [0.25, 0.3) is 22.6 Å². The van der Waals surface area contributed by atoms with Crippen molar-refractivity contribution < 1.29 is 4.79 Å². The molecular weight excluding hydrogens is 406 g/mol. The molecule has 10 heteroatoms. The first kappa shape index (κ1) is 20.7. The Morgan fingerprint density at radius 2 is 2.03 bits per heavy atom. The molecule has 2 aliphatic heterocycles. The van der Waals surface area contributed by atoms with Crippen molar-refractivity contribution in [2.75, 3.05) is 25.0 Å². The molecule has 3 aromatic rings. The van der Waals surface area contributed by atoms with Crippen LogP contribution in [0.15, 0.2) is 18.7 Å². The van der Waals surface area contributed by atoms with E-state index in [1.807, 2.05) is 11.8 Å². The lowest BCUT2D eigenvalue weighted by Gasteiger charge is -2.27. The van der Waals surface area contributed by atoms with Gasteiger partial charge in [0.1, 0.15) is 18.0 Å². The first-order valence-electron chi connectivity index (χ1n) is 11.4. The number of likely N-dealkylation sites (tertiary alicyclic amines) is 1. The van der Waals surface area contributed by atoms with Crippen LogP contribution in [0.5, 0.6) is 0 Å². The van der Waals surface area contributed by atoms with Crippen molar-refractivity contribution in [2.24, 2.45) is 0 Å². The van der Waals surface area contributed by atoms with Gasteiger partial charge in [0.05, 0.1) is 11.6 Å².